The van der Waals surface area contributed by atoms with Crippen LogP contribution in [-0.4, -0.2) is 68.0 Å². The zero-order valence-corrected chi connectivity index (χ0v) is 17.4. The number of ether oxygens (including phenoxy) is 1. The van der Waals surface area contributed by atoms with Crippen LogP contribution in [0, 0.1) is 0 Å². The SMILES string of the molecule is COc1ccc(C(=O)NCCN2CCN(C(=O)c3cccc(Br)c3)CC2)cc1. The second kappa shape index (κ2) is 9.71. The van der Waals surface area contributed by atoms with Gasteiger partial charge in [0.1, 0.15) is 5.75 Å². The highest BCUT2D eigenvalue weighted by molar-refractivity contribution is 9.10. The second-order valence-electron chi connectivity index (χ2n) is 6.63. The van der Waals surface area contributed by atoms with E-state index >= 15 is 0 Å². The van der Waals surface area contributed by atoms with Crippen LogP contribution < -0.4 is 10.1 Å². The summed E-state index contributed by atoms with van der Waals surface area (Å²) in [4.78, 5) is 28.9. The molecule has 1 aliphatic heterocycles. The standard InChI is InChI=1S/C21H24BrN3O3/c1-28-19-7-5-16(6-8-19)20(26)23-9-10-24-11-13-25(14-12-24)21(27)17-3-2-4-18(22)15-17/h2-8,15H,9-14H2,1H3,(H,23,26). The summed E-state index contributed by atoms with van der Waals surface area (Å²) < 4.78 is 6.01. The lowest BCUT2D eigenvalue weighted by atomic mass is 10.2. The zero-order valence-electron chi connectivity index (χ0n) is 15.9. The van der Waals surface area contributed by atoms with Gasteiger partial charge in [-0.15, -0.1) is 0 Å². The summed E-state index contributed by atoms with van der Waals surface area (Å²) in [5.74, 6) is 0.701. The van der Waals surface area contributed by atoms with E-state index in [1.54, 1.807) is 31.4 Å². The molecular formula is C21H24BrN3O3. The number of amides is 2. The molecule has 1 fully saturated rings. The maximum atomic E-state index is 12.6. The van der Waals surface area contributed by atoms with Crippen LogP contribution in [0.3, 0.4) is 0 Å². The molecule has 148 valence electrons. The average molecular weight is 446 g/mol. The third-order valence-electron chi connectivity index (χ3n) is 4.80. The first-order valence-electron chi connectivity index (χ1n) is 9.26. The van der Waals surface area contributed by atoms with Gasteiger partial charge in [-0.3, -0.25) is 14.5 Å². The Hall–Kier alpha value is -2.38. The number of piperazine rings is 1. The van der Waals surface area contributed by atoms with Crippen LogP contribution in [0.5, 0.6) is 5.75 Å². The summed E-state index contributed by atoms with van der Waals surface area (Å²) in [6.07, 6.45) is 0. The summed E-state index contributed by atoms with van der Waals surface area (Å²) in [6.45, 7) is 4.33. The van der Waals surface area contributed by atoms with Crippen LogP contribution >= 0.6 is 15.9 Å². The molecule has 28 heavy (non-hydrogen) atoms. The Morgan fingerprint density at radius 2 is 1.75 bits per heavy atom. The largest absolute Gasteiger partial charge is 0.497 e. The van der Waals surface area contributed by atoms with Gasteiger partial charge in [0, 0.05) is 54.9 Å². The lowest BCUT2D eigenvalue weighted by Gasteiger charge is -2.34. The Morgan fingerprint density at radius 1 is 1.04 bits per heavy atom. The van der Waals surface area contributed by atoms with Crippen LogP contribution in [0.2, 0.25) is 0 Å². The average Bonchev–Trinajstić information content (AvgIpc) is 2.73. The molecule has 0 unspecified atom stereocenters. The molecule has 0 aliphatic carbocycles. The number of carbonyl (C=O) groups is 2. The van der Waals surface area contributed by atoms with E-state index < -0.39 is 0 Å². The number of hydrogen-bond donors (Lipinski definition) is 1. The fourth-order valence-corrected chi connectivity index (χ4v) is 3.55. The van der Waals surface area contributed by atoms with E-state index in [-0.39, 0.29) is 11.8 Å². The lowest BCUT2D eigenvalue weighted by molar-refractivity contribution is 0.0638. The predicted molar refractivity (Wildman–Crippen MR) is 112 cm³/mol. The second-order valence-corrected chi connectivity index (χ2v) is 7.54. The molecule has 7 heteroatoms. The van der Waals surface area contributed by atoms with Crippen LogP contribution in [-0.2, 0) is 0 Å². The molecule has 0 aromatic heterocycles. The van der Waals surface area contributed by atoms with E-state index in [1.165, 1.54) is 0 Å². The van der Waals surface area contributed by atoms with Crippen molar-refractivity contribution in [3.8, 4) is 5.75 Å². The molecule has 2 amide bonds. The van der Waals surface area contributed by atoms with Gasteiger partial charge in [-0.1, -0.05) is 22.0 Å². The van der Waals surface area contributed by atoms with Crippen LogP contribution in [0.25, 0.3) is 0 Å². The van der Waals surface area contributed by atoms with Crippen molar-refractivity contribution in [2.24, 2.45) is 0 Å². The third-order valence-corrected chi connectivity index (χ3v) is 5.29. The molecule has 0 bridgehead atoms. The first kappa shape index (κ1) is 20.4. The Bertz CT molecular complexity index is 818. The van der Waals surface area contributed by atoms with E-state index in [9.17, 15) is 9.59 Å². The molecule has 0 radical (unpaired) electrons. The fourth-order valence-electron chi connectivity index (χ4n) is 3.15. The van der Waals surface area contributed by atoms with Gasteiger partial charge in [0.25, 0.3) is 11.8 Å². The van der Waals surface area contributed by atoms with E-state index in [2.05, 4.69) is 26.1 Å². The van der Waals surface area contributed by atoms with E-state index in [4.69, 9.17) is 4.74 Å². The number of hydrogen-bond acceptors (Lipinski definition) is 4. The van der Waals surface area contributed by atoms with Crippen molar-refractivity contribution in [2.75, 3.05) is 46.4 Å². The number of nitrogens with zero attached hydrogens (tertiary/aromatic N) is 2. The number of nitrogens with one attached hydrogen (secondary N) is 1. The summed E-state index contributed by atoms with van der Waals surface area (Å²) >= 11 is 3.41. The van der Waals surface area contributed by atoms with Crippen LogP contribution in [0.4, 0.5) is 0 Å². The van der Waals surface area contributed by atoms with Gasteiger partial charge in [0.05, 0.1) is 7.11 Å². The van der Waals surface area contributed by atoms with Gasteiger partial charge in [-0.05, 0) is 42.5 Å². The van der Waals surface area contributed by atoms with Crippen molar-refractivity contribution in [1.82, 2.24) is 15.1 Å². The van der Waals surface area contributed by atoms with Crippen molar-refractivity contribution in [3.05, 3.63) is 64.1 Å². The Kier molecular flexibility index (Phi) is 7.06. The molecule has 3 rings (SSSR count). The number of rotatable bonds is 6. The van der Waals surface area contributed by atoms with Crippen LogP contribution in [0.15, 0.2) is 53.0 Å². The van der Waals surface area contributed by atoms with Crippen molar-refractivity contribution in [2.45, 2.75) is 0 Å². The summed E-state index contributed by atoms with van der Waals surface area (Å²) in [5, 5.41) is 2.94. The molecular weight excluding hydrogens is 422 g/mol. The van der Waals surface area contributed by atoms with Gasteiger partial charge in [-0.25, -0.2) is 0 Å². The minimum Gasteiger partial charge on any atom is -0.497 e. The van der Waals surface area contributed by atoms with E-state index in [0.29, 0.717) is 30.8 Å². The van der Waals surface area contributed by atoms with Crippen molar-refractivity contribution < 1.29 is 14.3 Å². The lowest BCUT2D eigenvalue weighted by Crippen LogP contribution is -2.50. The zero-order chi connectivity index (χ0) is 19.9. The normalized spacial score (nSPS) is 14.6. The first-order valence-corrected chi connectivity index (χ1v) is 10.1. The van der Waals surface area contributed by atoms with Crippen molar-refractivity contribution in [3.63, 3.8) is 0 Å². The molecule has 1 heterocycles. The molecule has 2 aromatic carbocycles. The van der Waals surface area contributed by atoms with Crippen molar-refractivity contribution in [1.29, 1.82) is 0 Å². The molecule has 0 saturated carbocycles. The number of halogens is 1. The highest BCUT2D eigenvalue weighted by Crippen LogP contribution is 2.15. The van der Waals surface area contributed by atoms with Crippen molar-refractivity contribution >= 4 is 27.7 Å². The van der Waals surface area contributed by atoms with Crippen LogP contribution in [0.1, 0.15) is 20.7 Å². The summed E-state index contributed by atoms with van der Waals surface area (Å²) in [7, 11) is 1.60. The fraction of sp³-hybridized carbons (Fsp3) is 0.333. The minimum absolute atomic E-state index is 0.0637. The Labute approximate surface area is 173 Å². The van der Waals surface area contributed by atoms with E-state index in [0.717, 1.165) is 29.9 Å². The smallest absolute Gasteiger partial charge is 0.253 e. The maximum Gasteiger partial charge on any atom is 0.253 e. The maximum absolute atomic E-state index is 12.6. The number of carbonyl (C=O) groups excluding carboxylic acids is 2. The quantitative estimate of drug-likeness (QED) is 0.742. The molecule has 6 nitrogen and oxygen atoms in total. The Morgan fingerprint density at radius 3 is 2.39 bits per heavy atom. The van der Waals surface area contributed by atoms with Gasteiger partial charge < -0.3 is 15.0 Å². The summed E-state index contributed by atoms with van der Waals surface area (Å²) in [5.41, 5.74) is 1.32. The van der Waals surface area contributed by atoms with Gasteiger partial charge in [-0.2, -0.15) is 0 Å². The Balaban J connectivity index is 1.40. The first-order chi connectivity index (χ1) is 13.6. The topological polar surface area (TPSA) is 61.9 Å². The molecule has 2 aromatic rings. The molecule has 1 saturated heterocycles. The molecule has 0 atom stereocenters. The van der Waals surface area contributed by atoms with Gasteiger partial charge in [0.15, 0.2) is 0 Å². The summed E-state index contributed by atoms with van der Waals surface area (Å²) in [6, 6.07) is 14.5. The molecule has 1 aliphatic rings. The number of benzene rings is 2. The monoisotopic (exact) mass is 445 g/mol. The molecule has 1 N–H and O–H groups in total. The third kappa shape index (κ3) is 5.33. The molecule has 0 spiro atoms. The van der Waals surface area contributed by atoms with Gasteiger partial charge >= 0.3 is 0 Å². The minimum atomic E-state index is -0.0916. The van der Waals surface area contributed by atoms with E-state index in [1.807, 2.05) is 29.2 Å². The van der Waals surface area contributed by atoms with Gasteiger partial charge in [0.2, 0.25) is 0 Å². The number of methoxy groups -OCH3 is 1. The highest BCUT2D eigenvalue weighted by atomic mass is 79.9. The highest BCUT2D eigenvalue weighted by Gasteiger charge is 2.22. The predicted octanol–water partition coefficient (Wildman–Crippen LogP) is 2.65.